The monoisotopic (exact) mass is 374 g/mol. The van der Waals surface area contributed by atoms with Crippen LogP contribution in [-0.2, 0) is 16.1 Å². The number of rotatable bonds is 4. The molecule has 1 saturated heterocycles. The first-order valence-corrected chi connectivity index (χ1v) is 9.66. The van der Waals surface area contributed by atoms with Crippen LogP contribution in [0.4, 0.5) is 0 Å². The number of benzene rings is 1. The summed E-state index contributed by atoms with van der Waals surface area (Å²) in [5.41, 5.74) is 1.24. The molecular weight excluding hydrogens is 352 g/mol. The van der Waals surface area contributed by atoms with Crippen molar-refractivity contribution in [2.75, 3.05) is 26.2 Å². The van der Waals surface area contributed by atoms with E-state index in [0.29, 0.717) is 13.1 Å². The van der Waals surface area contributed by atoms with Crippen LogP contribution in [0.15, 0.2) is 36.4 Å². The molecule has 3 aliphatic rings. The van der Waals surface area contributed by atoms with Crippen LogP contribution in [0.25, 0.3) is 0 Å². The maximum Gasteiger partial charge on any atom is 0.227 e. The van der Waals surface area contributed by atoms with Crippen molar-refractivity contribution in [2.24, 2.45) is 23.7 Å². The first-order chi connectivity index (χ1) is 12.5. The van der Waals surface area contributed by atoms with E-state index in [1.807, 2.05) is 41.3 Å². The lowest BCUT2D eigenvalue weighted by Gasteiger charge is -2.37. The SMILES string of the molecule is O=C([O-])[C@@H]1[C@H](C(=O)N2CC[NH+](Cc3ccc(Cl)cc3)CC2)[C@@H]2C=C[C@H]1C2. The second-order valence-electron chi connectivity index (χ2n) is 7.70. The number of allylic oxidation sites excluding steroid dienone is 2. The fourth-order valence-electron chi connectivity index (χ4n) is 4.80. The van der Waals surface area contributed by atoms with E-state index in [-0.39, 0.29) is 17.7 Å². The summed E-state index contributed by atoms with van der Waals surface area (Å²) in [6.07, 6.45) is 4.74. The molecule has 1 amide bonds. The molecule has 5 nitrogen and oxygen atoms in total. The smallest absolute Gasteiger partial charge is 0.227 e. The number of amides is 1. The molecule has 2 bridgehead atoms. The van der Waals surface area contributed by atoms with Gasteiger partial charge in [0, 0.05) is 22.5 Å². The average Bonchev–Trinajstić information content (AvgIpc) is 3.25. The number of carboxylic acids is 1. The molecule has 26 heavy (non-hydrogen) atoms. The summed E-state index contributed by atoms with van der Waals surface area (Å²) in [7, 11) is 0. The van der Waals surface area contributed by atoms with Crippen LogP contribution in [0.2, 0.25) is 5.02 Å². The molecule has 4 rings (SSSR count). The van der Waals surface area contributed by atoms with Crippen LogP contribution >= 0.6 is 11.6 Å². The first-order valence-electron chi connectivity index (χ1n) is 9.29. The van der Waals surface area contributed by atoms with Crippen LogP contribution in [0, 0.1) is 23.7 Å². The summed E-state index contributed by atoms with van der Waals surface area (Å²) in [6.45, 7) is 4.03. The third-order valence-electron chi connectivity index (χ3n) is 6.17. The van der Waals surface area contributed by atoms with Crippen LogP contribution in [0.5, 0.6) is 0 Å². The highest BCUT2D eigenvalue weighted by molar-refractivity contribution is 6.30. The molecule has 0 aromatic heterocycles. The predicted molar refractivity (Wildman–Crippen MR) is 95.2 cm³/mol. The molecule has 1 aromatic carbocycles. The van der Waals surface area contributed by atoms with Gasteiger partial charge in [-0.05, 0) is 30.4 Å². The summed E-state index contributed by atoms with van der Waals surface area (Å²) < 4.78 is 0. The van der Waals surface area contributed by atoms with Crippen molar-refractivity contribution in [1.29, 1.82) is 0 Å². The van der Waals surface area contributed by atoms with E-state index in [1.165, 1.54) is 10.5 Å². The highest BCUT2D eigenvalue weighted by Crippen LogP contribution is 2.48. The Bertz CT molecular complexity index is 725. The number of fused-ring (bicyclic) bond motifs is 2. The second-order valence-corrected chi connectivity index (χ2v) is 8.13. The van der Waals surface area contributed by atoms with Gasteiger partial charge < -0.3 is 19.7 Å². The number of aliphatic carboxylic acids is 1. The minimum atomic E-state index is -1.08. The maximum atomic E-state index is 13.0. The molecule has 0 unspecified atom stereocenters. The number of hydrogen-bond acceptors (Lipinski definition) is 3. The Morgan fingerprint density at radius 1 is 1.08 bits per heavy atom. The lowest BCUT2D eigenvalue weighted by Crippen LogP contribution is -3.13. The maximum absolute atomic E-state index is 13.0. The van der Waals surface area contributed by atoms with Crippen molar-refractivity contribution in [2.45, 2.75) is 13.0 Å². The molecule has 0 radical (unpaired) electrons. The molecule has 1 aromatic rings. The van der Waals surface area contributed by atoms with E-state index < -0.39 is 17.8 Å². The number of carbonyl (C=O) groups excluding carboxylic acids is 2. The molecule has 2 fully saturated rings. The van der Waals surface area contributed by atoms with Crippen molar-refractivity contribution in [3.8, 4) is 0 Å². The fraction of sp³-hybridized carbons (Fsp3) is 0.500. The van der Waals surface area contributed by atoms with Crippen LogP contribution in [-0.4, -0.2) is 43.0 Å². The molecule has 2 aliphatic carbocycles. The van der Waals surface area contributed by atoms with Gasteiger partial charge in [-0.15, -0.1) is 0 Å². The van der Waals surface area contributed by atoms with Gasteiger partial charge in [0.1, 0.15) is 6.54 Å². The number of carboxylic acid groups (broad SMARTS) is 1. The van der Waals surface area contributed by atoms with Gasteiger partial charge in [0.25, 0.3) is 0 Å². The van der Waals surface area contributed by atoms with Gasteiger partial charge >= 0.3 is 0 Å². The molecular formula is C20H23ClN2O3. The summed E-state index contributed by atoms with van der Waals surface area (Å²) in [4.78, 5) is 27.8. The number of nitrogens with one attached hydrogen (secondary N) is 1. The lowest BCUT2D eigenvalue weighted by molar-refractivity contribution is -0.917. The summed E-state index contributed by atoms with van der Waals surface area (Å²) in [5, 5.41) is 12.3. The summed E-state index contributed by atoms with van der Waals surface area (Å²) in [5.74, 6) is -2.14. The van der Waals surface area contributed by atoms with E-state index in [2.05, 4.69) is 0 Å². The number of nitrogens with zero attached hydrogens (tertiary/aromatic N) is 1. The van der Waals surface area contributed by atoms with E-state index in [0.717, 1.165) is 31.1 Å². The molecule has 4 atom stereocenters. The van der Waals surface area contributed by atoms with E-state index in [1.54, 1.807) is 0 Å². The van der Waals surface area contributed by atoms with Gasteiger partial charge in [-0.1, -0.05) is 35.9 Å². The van der Waals surface area contributed by atoms with Gasteiger partial charge in [0.15, 0.2) is 0 Å². The molecule has 1 saturated carbocycles. The third kappa shape index (κ3) is 3.26. The van der Waals surface area contributed by atoms with Crippen molar-refractivity contribution < 1.29 is 19.6 Å². The van der Waals surface area contributed by atoms with Gasteiger partial charge in [0.05, 0.1) is 32.1 Å². The third-order valence-corrected chi connectivity index (χ3v) is 6.42. The number of halogens is 1. The van der Waals surface area contributed by atoms with Crippen molar-refractivity contribution in [3.63, 3.8) is 0 Å². The Balaban J connectivity index is 1.36. The fourth-order valence-corrected chi connectivity index (χ4v) is 4.93. The highest BCUT2D eigenvalue weighted by atomic mass is 35.5. The number of quaternary nitrogens is 1. The minimum absolute atomic E-state index is 0.00147. The summed E-state index contributed by atoms with van der Waals surface area (Å²) in [6, 6.07) is 7.88. The molecule has 1 N–H and O–H groups in total. The van der Waals surface area contributed by atoms with Crippen molar-refractivity contribution in [1.82, 2.24) is 4.90 Å². The topological polar surface area (TPSA) is 64.9 Å². The van der Waals surface area contributed by atoms with Crippen LogP contribution in [0.1, 0.15) is 12.0 Å². The lowest BCUT2D eigenvalue weighted by atomic mass is 9.82. The molecule has 0 spiro atoms. The average molecular weight is 375 g/mol. The number of piperazine rings is 1. The first kappa shape index (κ1) is 17.6. The normalized spacial score (nSPS) is 30.7. The van der Waals surface area contributed by atoms with Gasteiger partial charge in [-0.3, -0.25) is 4.79 Å². The Hall–Kier alpha value is -1.85. The van der Waals surface area contributed by atoms with Gasteiger partial charge in [0.2, 0.25) is 5.91 Å². The summed E-state index contributed by atoms with van der Waals surface area (Å²) >= 11 is 5.93. The molecule has 138 valence electrons. The largest absolute Gasteiger partial charge is 0.550 e. The zero-order chi connectivity index (χ0) is 18.3. The second kappa shape index (κ2) is 7.05. The number of hydrogen-bond donors (Lipinski definition) is 1. The van der Waals surface area contributed by atoms with Crippen molar-refractivity contribution in [3.05, 3.63) is 47.0 Å². The van der Waals surface area contributed by atoms with E-state index in [4.69, 9.17) is 11.6 Å². The van der Waals surface area contributed by atoms with E-state index in [9.17, 15) is 14.7 Å². The Kier molecular flexibility index (Phi) is 4.76. The Labute approximate surface area is 158 Å². The number of carbonyl (C=O) groups is 2. The molecule has 6 heteroatoms. The molecule has 1 aliphatic heterocycles. The highest BCUT2D eigenvalue weighted by Gasteiger charge is 2.50. The Morgan fingerprint density at radius 3 is 2.31 bits per heavy atom. The van der Waals surface area contributed by atoms with Crippen molar-refractivity contribution >= 4 is 23.5 Å². The Morgan fingerprint density at radius 2 is 1.69 bits per heavy atom. The zero-order valence-electron chi connectivity index (χ0n) is 14.6. The predicted octanol–water partition coefficient (Wildman–Crippen LogP) is -0.245. The molecule has 1 heterocycles. The standard InChI is InChI=1S/C20H23ClN2O3/c21-16-5-1-13(2-6-16)12-22-7-9-23(10-8-22)19(24)17-14-3-4-15(11-14)18(17)20(25)26/h1-6,14-15,17-18H,7-12H2,(H,25,26)/t14-,15+,17-,18+/m1/s1. The quantitative estimate of drug-likeness (QED) is 0.739. The zero-order valence-corrected chi connectivity index (χ0v) is 15.3. The minimum Gasteiger partial charge on any atom is -0.550 e. The van der Waals surface area contributed by atoms with Crippen LogP contribution < -0.4 is 10.0 Å². The van der Waals surface area contributed by atoms with E-state index >= 15 is 0 Å². The van der Waals surface area contributed by atoms with Gasteiger partial charge in [-0.25, -0.2) is 0 Å². The van der Waals surface area contributed by atoms with Gasteiger partial charge in [-0.2, -0.15) is 0 Å². The van der Waals surface area contributed by atoms with Crippen LogP contribution in [0.3, 0.4) is 0 Å².